The molecule has 0 aromatic rings. The molecule has 104 valence electrons. The maximum Gasteiger partial charge on any atom is 0.351 e. The van der Waals surface area contributed by atoms with Gasteiger partial charge in [-0.1, -0.05) is 5.22 Å². The van der Waals surface area contributed by atoms with E-state index in [2.05, 4.69) is 25.7 Å². The fraction of sp³-hybridized carbons (Fsp3) is 0.667. The van der Waals surface area contributed by atoms with E-state index in [1.165, 1.54) is 5.01 Å². The van der Waals surface area contributed by atoms with Gasteiger partial charge < -0.3 is 16.5 Å². The Hall–Kier alpha value is -2.18. The molecular formula is C6H18N10O2. The number of nitrogens with zero attached hydrogens (tertiary/aromatic N) is 4. The van der Waals surface area contributed by atoms with Crippen LogP contribution in [0.5, 0.6) is 0 Å². The van der Waals surface area contributed by atoms with Gasteiger partial charge in [-0.05, 0) is 12.8 Å². The molecule has 0 aromatic heterocycles. The maximum absolute atomic E-state index is 11.1. The zero-order valence-corrected chi connectivity index (χ0v) is 9.69. The van der Waals surface area contributed by atoms with Crippen molar-refractivity contribution in [2.45, 2.75) is 18.9 Å². The summed E-state index contributed by atoms with van der Waals surface area (Å²) < 4.78 is 0. The lowest BCUT2D eigenvalue weighted by Crippen LogP contribution is -2.49. The van der Waals surface area contributed by atoms with Crippen molar-refractivity contribution < 1.29 is 9.63 Å². The third-order valence-corrected chi connectivity index (χ3v) is 1.99. The van der Waals surface area contributed by atoms with Crippen LogP contribution in [0, 0.1) is 0 Å². The van der Waals surface area contributed by atoms with Gasteiger partial charge in [0.1, 0.15) is 0 Å². The minimum atomic E-state index is -0.877. The summed E-state index contributed by atoms with van der Waals surface area (Å²) in [5.41, 5.74) is 2.20. The first-order chi connectivity index (χ1) is 8.60. The molecule has 12 nitrogen and oxygen atoms in total. The van der Waals surface area contributed by atoms with Crippen LogP contribution in [-0.2, 0) is 9.63 Å². The first kappa shape index (κ1) is 15.8. The van der Waals surface area contributed by atoms with Gasteiger partial charge in [0.05, 0.1) is 0 Å². The Morgan fingerprint density at radius 2 is 2.11 bits per heavy atom. The van der Waals surface area contributed by atoms with Gasteiger partial charge in [0.2, 0.25) is 5.96 Å². The Balaban J connectivity index is 4.18. The molecule has 0 saturated heterocycles. The van der Waals surface area contributed by atoms with Crippen LogP contribution in [0.15, 0.2) is 15.4 Å². The van der Waals surface area contributed by atoms with E-state index in [1.807, 2.05) is 0 Å². The second-order valence-corrected chi connectivity index (χ2v) is 3.12. The Kier molecular flexibility index (Phi) is 7.83. The first-order valence-electron chi connectivity index (χ1n) is 4.88. The van der Waals surface area contributed by atoms with Crippen molar-refractivity contribution in [1.29, 1.82) is 0 Å². The molecule has 11 N–H and O–H groups in total. The van der Waals surface area contributed by atoms with E-state index in [1.54, 1.807) is 0 Å². The summed E-state index contributed by atoms with van der Waals surface area (Å²) in [5.74, 6) is 24.6. The highest BCUT2D eigenvalue weighted by Crippen LogP contribution is 2.04. The summed E-state index contributed by atoms with van der Waals surface area (Å²) in [6.07, 6.45) is 0.739. The first-order valence-corrected chi connectivity index (χ1v) is 4.88. The zero-order chi connectivity index (χ0) is 14.0. The molecule has 0 fully saturated rings. The Morgan fingerprint density at radius 3 is 2.56 bits per heavy atom. The highest BCUT2D eigenvalue weighted by Gasteiger charge is 2.19. The van der Waals surface area contributed by atoms with Crippen molar-refractivity contribution in [3.63, 3.8) is 0 Å². The number of nitrogens with two attached hydrogens (primary N) is 5. The molecule has 12 heteroatoms. The highest BCUT2D eigenvalue weighted by atomic mass is 16.7. The molecule has 0 aromatic carbocycles. The lowest BCUT2D eigenvalue weighted by Gasteiger charge is -2.19. The molecule has 0 rings (SSSR count). The molecular weight excluding hydrogens is 244 g/mol. The number of hydrogen-bond donors (Lipinski definition) is 6. The van der Waals surface area contributed by atoms with Gasteiger partial charge in [0, 0.05) is 6.54 Å². The monoisotopic (exact) mass is 262 g/mol. The second-order valence-electron chi connectivity index (χ2n) is 3.12. The molecule has 18 heavy (non-hydrogen) atoms. The van der Waals surface area contributed by atoms with Crippen LogP contribution in [0.1, 0.15) is 12.8 Å². The minimum Gasteiger partial charge on any atom is -0.372 e. The number of hydrogen-bond acceptors (Lipinski definition) is 9. The summed E-state index contributed by atoms with van der Waals surface area (Å²) in [6.45, 7) is 0.314. The third kappa shape index (κ3) is 5.24. The van der Waals surface area contributed by atoms with Crippen LogP contribution in [-0.4, -0.2) is 29.5 Å². The molecule has 0 aliphatic rings. The third-order valence-electron chi connectivity index (χ3n) is 1.99. The molecule has 1 atom stereocenters. The van der Waals surface area contributed by atoms with Crippen molar-refractivity contribution in [1.82, 2.24) is 10.4 Å². The van der Waals surface area contributed by atoms with Crippen LogP contribution >= 0.6 is 0 Å². The Morgan fingerprint density at radius 1 is 1.44 bits per heavy atom. The van der Waals surface area contributed by atoms with Crippen molar-refractivity contribution in [2.75, 3.05) is 6.54 Å². The maximum atomic E-state index is 11.1. The molecule has 0 amide bonds. The van der Waals surface area contributed by atoms with E-state index in [4.69, 9.17) is 29.3 Å². The zero-order valence-electron chi connectivity index (χ0n) is 9.69. The fourth-order valence-corrected chi connectivity index (χ4v) is 1.14. The van der Waals surface area contributed by atoms with Crippen molar-refractivity contribution in [2.24, 2.45) is 44.7 Å². The lowest BCUT2D eigenvalue weighted by molar-refractivity contribution is -0.146. The van der Waals surface area contributed by atoms with Crippen LogP contribution in [0.2, 0.25) is 0 Å². The van der Waals surface area contributed by atoms with E-state index in [0.29, 0.717) is 13.0 Å². The Bertz CT molecular complexity index is 305. The van der Waals surface area contributed by atoms with Gasteiger partial charge >= 0.3 is 5.97 Å². The van der Waals surface area contributed by atoms with Crippen molar-refractivity contribution in [3.05, 3.63) is 0 Å². The number of guanidine groups is 1. The van der Waals surface area contributed by atoms with Gasteiger partial charge in [-0.3, -0.25) is 10.4 Å². The van der Waals surface area contributed by atoms with Crippen LogP contribution in [0.25, 0.3) is 0 Å². The number of nitrogens with one attached hydrogen (secondary N) is 1. The number of hydrazine groups is 2. The Labute approximate surface area is 103 Å². The number of carbonyl (C=O) groups excluding carboxylic acids is 1. The lowest BCUT2D eigenvalue weighted by atomic mass is 10.1. The smallest absolute Gasteiger partial charge is 0.351 e. The van der Waals surface area contributed by atoms with Crippen LogP contribution in [0.3, 0.4) is 0 Å². The largest absolute Gasteiger partial charge is 0.372 e. The summed E-state index contributed by atoms with van der Waals surface area (Å²) in [7, 11) is 0. The van der Waals surface area contributed by atoms with Gasteiger partial charge in [-0.2, -0.15) is 11.0 Å². The average molecular weight is 262 g/mol. The van der Waals surface area contributed by atoms with Crippen molar-refractivity contribution in [3.8, 4) is 0 Å². The predicted molar refractivity (Wildman–Crippen MR) is 62.2 cm³/mol. The van der Waals surface area contributed by atoms with E-state index < -0.39 is 12.0 Å². The van der Waals surface area contributed by atoms with Crippen LogP contribution < -0.4 is 34.7 Å². The second kappa shape index (κ2) is 8.91. The highest BCUT2D eigenvalue weighted by molar-refractivity contribution is 5.78. The van der Waals surface area contributed by atoms with Crippen molar-refractivity contribution >= 4 is 11.9 Å². The molecule has 0 radical (unpaired) electrons. The standard InChI is InChI=1S/C6H18N10O2/c7-12-6(13-8)16(10)3-1-2-4(14-15-9)5(17)18-11/h4H,1-3,7-8,10-11H2,(H2,9,14)(H,12,13)/t4-/m0/s1. The van der Waals surface area contributed by atoms with Gasteiger partial charge in [-0.15, -0.1) is 5.10 Å². The molecule has 0 unspecified atom stereocenters. The molecule has 0 spiro atoms. The molecule has 0 aliphatic heterocycles. The summed E-state index contributed by atoms with van der Waals surface area (Å²) >= 11 is 0. The predicted octanol–water partition coefficient (Wildman–Crippen LogP) is -3.25. The fourth-order valence-electron chi connectivity index (χ4n) is 1.14. The molecule has 0 saturated carbocycles. The summed E-state index contributed by atoms with van der Waals surface area (Å²) in [5, 5.41) is 11.0. The minimum absolute atomic E-state index is 0.0911. The molecule has 0 bridgehead atoms. The summed E-state index contributed by atoms with van der Waals surface area (Å²) in [4.78, 5) is 15.2. The number of carbonyl (C=O) groups is 1. The SMILES string of the molecule is NN=N[C@@H](CCCN(N)C(=NN)NN)C(=O)ON. The quantitative estimate of drug-likeness (QED) is 0.0931. The van der Waals surface area contributed by atoms with E-state index in [-0.39, 0.29) is 12.4 Å². The van der Waals surface area contributed by atoms with E-state index in [0.717, 1.165) is 0 Å². The molecule has 0 aliphatic carbocycles. The van der Waals surface area contributed by atoms with Gasteiger partial charge in [0.15, 0.2) is 6.04 Å². The van der Waals surface area contributed by atoms with E-state index in [9.17, 15) is 4.79 Å². The van der Waals surface area contributed by atoms with Gasteiger partial charge in [-0.25, -0.2) is 16.5 Å². The number of hydrazone groups is 1. The van der Waals surface area contributed by atoms with Gasteiger partial charge in [0.25, 0.3) is 0 Å². The normalized spacial score (nSPS) is 13.4. The molecule has 0 heterocycles. The van der Waals surface area contributed by atoms with Crippen LogP contribution in [0.4, 0.5) is 0 Å². The number of rotatable bonds is 6. The van der Waals surface area contributed by atoms with E-state index >= 15 is 0 Å². The average Bonchev–Trinajstić information content (AvgIpc) is 2.38. The topological polar surface area (TPSA) is 209 Å². The summed E-state index contributed by atoms with van der Waals surface area (Å²) in [6, 6.07) is -0.877.